The van der Waals surface area contributed by atoms with Crippen LogP contribution in [0.15, 0.2) is 48.5 Å². The molecule has 2 heteroatoms. The van der Waals surface area contributed by atoms with Gasteiger partial charge in [0, 0.05) is 12.6 Å². The molecule has 1 N–H and O–H groups in total. The minimum Gasteiger partial charge on any atom is -0.392 e. The van der Waals surface area contributed by atoms with Gasteiger partial charge in [-0.2, -0.15) is 0 Å². The number of rotatable bonds is 3. The van der Waals surface area contributed by atoms with Crippen molar-refractivity contribution in [3.8, 4) is 0 Å². The number of aliphatic hydroxyl groups is 1. The van der Waals surface area contributed by atoms with Gasteiger partial charge in [0.2, 0.25) is 0 Å². The second kappa shape index (κ2) is 6.46. The molecule has 2 atom stereocenters. The summed E-state index contributed by atoms with van der Waals surface area (Å²) in [7, 11) is 0. The van der Waals surface area contributed by atoms with E-state index in [2.05, 4.69) is 53.4 Å². The molecule has 1 heterocycles. The summed E-state index contributed by atoms with van der Waals surface area (Å²) >= 11 is 0. The van der Waals surface area contributed by atoms with Crippen LogP contribution in [0.1, 0.15) is 47.4 Å². The highest BCUT2D eigenvalue weighted by atomic mass is 16.3. The van der Waals surface area contributed by atoms with Crippen molar-refractivity contribution in [3.05, 3.63) is 70.8 Å². The molecule has 120 valence electrons. The maximum absolute atomic E-state index is 9.63. The lowest BCUT2D eigenvalue weighted by Gasteiger charge is -2.45. The Morgan fingerprint density at radius 2 is 1.87 bits per heavy atom. The molecule has 1 saturated heterocycles. The number of hydrogen-bond acceptors (Lipinski definition) is 2. The van der Waals surface area contributed by atoms with Crippen LogP contribution in [-0.4, -0.2) is 22.6 Å². The summed E-state index contributed by atoms with van der Waals surface area (Å²) in [5, 5.41) is 9.63. The number of benzene rings is 2. The number of fused-ring (bicyclic) bond motifs is 3. The normalized spacial score (nSPS) is 24.0. The predicted molar refractivity (Wildman–Crippen MR) is 93.3 cm³/mol. The van der Waals surface area contributed by atoms with E-state index < -0.39 is 0 Å². The minimum absolute atomic E-state index is 0.175. The topological polar surface area (TPSA) is 23.5 Å². The van der Waals surface area contributed by atoms with Gasteiger partial charge in [-0.1, -0.05) is 48.5 Å². The van der Waals surface area contributed by atoms with Gasteiger partial charge < -0.3 is 5.11 Å². The molecular weight excluding hydrogens is 282 g/mol. The fourth-order valence-electron chi connectivity index (χ4n) is 4.63. The van der Waals surface area contributed by atoms with Crippen LogP contribution in [0.5, 0.6) is 0 Å². The van der Waals surface area contributed by atoms with Gasteiger partial charge in [-0.05, 0) is 60.4 Å². The van der Waals surface area contributed by atoms with Gasteiger partial charge in [0.05, 0.1) is 6.61 Å². The Kier molecular flexibility index (Phi) is 4.19. The van der Waals surface area contributed by atoms with Crippen LogP contribution in [0, 0.1) is 0 Å². The average molecular weight is 307 g/mol. The quantitative estimate of drug-likeness (QED) is 0.930. The third-order valence-corrected chi connectivity index (χ3v) is 5.69. The maximum atomic E-state index is 9.63. The van der Waals surface area contributed by atoms with Crippen LogP contribution < -0.4 is 0 Å². The Bertz CT molecular complexity index is 667. The first kappa shape index (κ1) is 14.9. The predicted octanol–water partition coefficient (Wildman–Crippen LogP) is 3.87. The number of aliphatic hydroxyl groups excluding tert-OH is 1. The molecule has 2 aliphatic rings. The Balaban J connectivity index is 1.61. The van der Waals surface area contributed by atoms with E-state index in [4.69, 9.17) is 0 Å². The van der Waals surface area contributed by atoms with E-state index in [1.807, 2.05) is 0 Å². The fraction of sp³-hybridized carbons (Fsp3) is 0.429. The minimum atomic E-state index is 0.175. The van der Waals surface area contributed by atoms with Crippen LogP contribution in [0.2, 0.25) is 0 Å². The van der Waals surface area contributed by atoms with Crippen LogP contribution in [-0.2, 0) is 19.6 Å². The molecule has 0 bridgehead atoms. The van der Waals surface area contributed by atoms with Crippen molar-refractivity contribution in [3.63, 3.8) is 0 Å². The van der Waals surface area contributed by atoms with Gasteiger partial charge in [0.15, 0.2) is 0 Å². The van der Waals surface area contributed by atoms with Gasteiger partial charge in [-0.25, -0.2) is 0 Å². The maximum Gasteiger partial charge on any atom is 0.0684 e. The molecule has 0 saturated carbocycles. The van der Waals surface area contributed by atoms with Crippen molar-refractivity contribution >= 4 is 0 Å². The monoisotopic (exact) mass is 307 g/mol. The Morgan fingerprint density at radius 1 is 1.00 bits per heavy atom. The van der Waals surface area contributed by atoms with Gasteiger partial charge in [0.25, 0.3) is 0 Å². The van der Waals surface area contributed by atoms with E-state index in [1.54, 1.807) is 0 Å². The smallest absolute Gasteiger partial charge is 0.0684 e. The second-order valence-corrected chi connectivity index (χ2v) is 6.95. The number of likely N-dealkylation sites (tertiary alicyclic amines) is 1. The summed E-state index contributed by atoms with van der Waals surface area (Å²) in [6, 6.07) is 18.0. The van der Waals surface area contributed by atoms with Crippen molar-refractivity contribution < 1.29 is 5.11 Å². The lowest BCUT2D eigenvalue weighted by Crippen LogP contribution is -2.46. The molecular formula is C21H25NO. The molecule has 0 amide bonds. The average Bonchev–Trinajstić information content (AvgIpc) is 2.62. The number of piperidine rings is 1. The highest BCUT2D eigenvalue weighted by Gasteiger charge is 2.36. The van der Waals surface area contributed by atoms with E-state index >= 15 is 0 Å². The molecule has 4 rings (SSSR count). The lowest BCUT2D eigenvalue weighted by atomic mass is 9.73. The number of hydrogen-bond donors (Lipinski definition) is 1. The van der Waals surface area contributed by atoms with Gasteiger partial charge >= 0.3 is 0 Å². The van der Waals surface area contributed by atoms with Gasteiger partial charge in [0.1, 0.15) is 0 Å². The van der Waals surface area contributed by atoms with E-state index in [0.717, 1.165) is 18.5 Å². The second-order valence-electron chi connectivity index (χ2n) is 6.95. The molecule has 1 aliphatic carbocycles. The third-order valence-electron chi connectivity index (χ3n) is 5.69. The van der Waals surface area contributed by atoms with E-state index in [9.17, 15) is 5.11 Å². The lowest BCUT2D eigenvalue weighted by molar-refractivity contribution is 0.104. The molecule has 2 nitrogen and oxygen atoms in total. The SMILES string of the molecule is OCc1cccc2c1CC[C@@H]1[C@H]2CCCN1Cc1ccccc1. The van der Waals surface area contributed by atoms with Crippen molar-refractivity contribution in [2.45, 2.75) is 50.8 Å². The molecule has 2 aromatic rings. The summed E-state index contributed by atoms with van der Waals surface area (Å²) in [4.78, 5) is 2.69. The first-order chi connectivity index (χ1) is 11.4. The van der Waals surface area contributed by atoms with Crippen molar-refractivity contribution in [2.24, 2.45) is 0 Å². The zero-order valence-electron chi connectivity index (χ0n) is 13.6. The summed E-state index contributed by atoms with van der Waals surface area (Å²) in [6.45, 7) is 2.45. The Hall–Kier alpha value is -1.64. The summed E-state index contributed by atoms with van der Waals surface area (Å²) < 4.78 is 0. The molecule has 23 heavy (non-hydrogen) atoms. The molecule has 0 unspecified atom stereocenters. The van der Waals surface area contributed by atoms with E-state index in [-0.39, 0.29) is 6.61 Å². The molecule has 0 aromatic heterocycles. The van der Waals surface area contributed by atoms with Gasteiger partial charge in [-0.3, -0.25) is 4.90 Å². The molecule has 2 aromatic carbocycles. The van der Waals surface area contributed by atoms with Crippen LogP contribution >= 0.6 is 0 Å². The third kappa shape index (κ3) is 2.82. The summed E-state index contributed by atoms with van der Waals surface area (Å²) in [6.07, 6.45) is 4.90. The van der Waals surface area contributed by atoms with Gasteiger partial charge in [-0.15, -0.1) is 0 Å². The molecule has 1 aliphatic heterocycles. The van der Waals surface area contributed by atoms with Crippen molar-refractivity contribution in [1.29, 1.82) is 0 Å². The largest absolute Gasteiger partial charge is 0.392 e. The summed E-state index contributed by atoms with van der Waals surface area (Å²) in [5.74, 6) is 0.641. The van der Waals surface area contributed by atoms with E-state index in [0.29, 0.717) is 12.0 Å². The summed E-state index contributed by atoms with van der Waals surface area (Å²) in [5.41, 5.74) is 5.49. The molecule has 1 fully saturated rings. The van der Waals surface area contributed by atoms with E-state index in [1.165, 1.54) is 42.5 Å². The highest BCUT2D eigenvalue weighted by Crippen LogP contribution is 2.42. The first-order valence-electron chi connectivity index (χ1n) is 8.86. The molecule has 0 spiro atoms. The Labute approximate surface area is 138 Å². The standard InChI is InChI=1S/C21H25NO/c23-15-17-8-4-9-19-18(17)11-12-21-20(19)10-5-13-22(21)14-16-6-2-1-3-7-16/h1-4,6-9,20-21,23H,5,10-15H2/t20-,21+/m0/s1. The zero-order valence-corrected chi connectivity index (χ0v) is 13.6. The van der Waals surface area contributed by atoms with Crippen molar-refractivity contribution in [1.82, 2.24) is 4.90 Å². The first-order valence-corrected chi connectivity index (χ1v) is 8.86. The fourth-order valence-corrected chi connectivity index (χ4v) is 4.63. The van der Waals surface area contributed by atoms with Crippen LogP contribution in [0.25, 0.3) is 0 Å². The highest BCUT2D eigenvalue weighted by molar-refractivity contribution is 5.40. The van der Waals surface area contributed by atoms with Crippen LogP contribution in [0.3, 0.4) is 0 Å². The van der Waals surface area contributed by atoms with Crippen molar-refractivity contribution in [2.75, 3.05) is 6.54 Å². The molecule has 0 radical (unpaired) electrons. The van der Waals surface area contributed by atoms with Crippen LogP contribution in [0.4, 0.5) is 0 Å². The Morgan fingerprint density at radius 3 is 2.70 bits per heavy atom. The zero-order chi connectivity index (χ0) is 15.6. The number of nitrogens with zero attached hydrogens (tertiary/aromatic N) is 1.